The third-order valence-corrected chi connectivity index (χ3v) is 6.23. The van der Waals surface area contributed by atoms with Crippen LogP contribution in [-0.4, -0.2) is 25.2 Å². The highest BCUT2D eigenvalue weighted by molar-refractivity contribution is 5.81. The largest absolute Gasteiger partial charge is 0.463 e. The first-order chi connectivity index (χ1) is 12.1. The van der Waals surface area contributed by atoms with Gasteiger partial charge in [0.1, 0.15) is 0 Å². The third kappa shape index (κ3) is 5.45. The average molecular weight is 348 g/mol. The molecule has 5 atom stereocenters. The standard InChI is InChI=1S/C21H32O4/c1-4-20(22)24-11-8-6-7-9-18-15(3)19-14-17(18)13-16(19)10-12-25-21(23)5-2/h4-5,15-19H,1-2,6-14H2,3H3. The molecule has 0 aromatic rings. The summed E-state index contributed by atoms with van der Waals surface area (Å²) >= 11 is 0. The van der Waals surface area contributed by atoms with Crippen LogP contribution in [0.3, 0.4) is 0 Å². The molecule has 5 unspecified atom stereocenters. The van der Waals surface area contributed by atoms with Gasteiger partial charge in [0.15, 0.2) is 0 Å². The SMILES string of the molecule is C=CC(=O)OCCCCCC1C2CC(CCOC(=O)C=C)C(C2)C1C. The Morgan fingerprint density at radius 1 is 0.960 bits per heavy atom. The second kappa shape index (κ2) is 9.79. The van der Waals surface area contributed by atoms with Gasteiger partial charge in [-0.05, 0) is 61.7 Å². The highest BCUT2D eigenvalue weighted by Crippen LogP contribution is 2.57. The van der Waals surface area contributed by atoms with Crippen LogP contribution in [0.15, 0.2) is 25.3 Å². The van der Waals surface area contributed by atoms with Gasteiger partial charge in [-0.2, -0.15) is 0 Å². The molecule has 4 nitrogen and oxygen atoms in total. The van der Waals surface area contributed by atoms with Crippen molar-refractivity contribution < 1.29 is 19.1 Å². The number of hydrogen-bond donors (Lipinski definition) is 0. The Hall–Kier alpha value is -1.58. The number of rotatable bonds is 11. The van der Waals surface area contributed by atoms with Crippen LogP contribution in [0.1, 0.15) is 51.9 Å². The summed E-state index contributed by atoms with van der Waals surface area (Å²) in [5, 5.41) is 0. The molecule has 0 radical (unpaired) electrons. The van der Waals surface area contributed by atoms with E-state index in [-0.39, 0.29) is 11.9 Å². The number of ether oxygens (including phenoxy) is 2. The summed E-state index contributed by atoms with van der Waals surface area (Å²) in [5.41, 5.74) is 0. The Morgan fingerprint density at radius 3 is 2.28 bits per heavy atom. The van der Waals surface area contributed by atoms with Gasteiger partial charge >= 0.3 is 11.9 Å². The molecule has 0 aliphatic heterocycles. The molecule has 2 fully saturated rings. The molecule has 0 heterocycles. The molecular weight excluding hydrogens is 316 g/mol. The first-order valence-electron chi connectivity index (χ1n) is 9.65. The van der Waals surface area contributed by atoms with Crippen molar-refractivity contribution in [3.05, 3.63) is 25.3 Å². The van der Waals surface area contributed by atoms with E-state index >= 15 is 0 Å². The van der Waals surface area contributed by atoms with Crippen molar-refractivity contribution in [1.29, 1.82) is 0 Å². The van der Waals surface area contributed by atoms with E-state index < -0.39 is 0 Å². The van der Waals surface area contributed by atoms with Gasteiger partial charge in [-0.25, -0.2) is 9.59 Å². The summed E-state index contributed by atoms with van der Waals surface area (Å²) in [6, 6.07) is 0. The first kappa shape index (κ1) is 19.7. The van der Waals surface area contributed by atoms with Crippen molar-refractivity contribution in [3.63, 3.8) is 0 Å². The minimum atomic E-state index is -0.327. The van der Waals surface area contributed by atoms with Gasteiger partial charge in [-0.15, -0.1) is 0 Å². The predicted octanol–water partition coefficient (Wildman–Crippen LogP) is 4.30. The lowest BCUT2D eigenvalue weighted by Gasteiger charge is -2.34. The monoisotopic (exact) mass is 348 g/mol. The lowest BCUT2D eigenvalue weighted by atomic mass is 9.72. The summed E-state index contributed by atoms with van der Waals surface area (Å²) in [7, 11) is 0. The van der Waals surface area contributed by atoms with Crippen LogP contribution in [0, 0.1) is 29.6 Å². The third-order valence-electron chi connectivity index (χ3n) is 6.23. The van der Waals surface area contributed by atoms with Crippen LogP contribution < -0.4 is 0 Å². The topological polar surface area (TPSA) is 52.6 Å². The van der Waals surface area contributed by atoms with E-state index in [2.05, 4.69) is 20.1 Å². The van der Waals surface area contributed by atoms with Crippen molar-refractivity contribution in [2.24, 2.45) is 29.6 Å². The number of hydrogen-bond acceptors (Lipinski definition) is 4. The number of fused-ring (bicyclic) bond motifs is 2. The van der Waals surface area contributed by atoms with E-state index in [1.807, 2.05) is 0 Å². The molecule has 2 aliphatic rings. The number of carbonyl (C=O) groups excluding carboxylic acids is 2. The summed E-state index contributed by atoms with van der Waals surface area (Å²) in [4.78, 5) is 22.1. The van der Waals surface area contributed by atoms with Crippen LogP contribution in [-0.2, 0) is 19.1 Å². The molecule has 0 N–H and O–H groups in total. The van der Waals surface area contributed by atoms with E-state index in [0.717, 1.165) is 42.9 Å². The van der Waals surface area contributed by atoms with Crippen LogP contribution in [0.2, 0.25) is 0 Å². The molecule has 0 aromatic heterocycles. The summed E-state index contributed by atoms with van der Waals surface area (Å²) < 4.78 is 10.2. The van der Waals surface area contributed by atoms with E-state index in [1.54, 1.807) is 0 Å². The fraction of sp³-hybridized carbons (Fsp3) is 0.714. The molecule has 140 valence electrons. The zero-order valence-corrected chi connectivity index (χ0v) is 15.5. The van der Waals surface area contributed by atoms with E-state index in [4.69, 9.17) is 9.47 Å². The van der Waals surface area contributed by atoms with E-state index in [1.165, 1.54) is 37.8 Å². The zero-order valence-electron chi connectivity index (χ0n) is 15.5. The van der Waals surface area contributed by atoms with Crippen molar-refractivity contribution >= 4 is 11.9 Å². The first-order valence-corrected chi connectivity index (χ1v) is 9.65. The molecule has 2 aliphatic carbocycles. The van der Waals surface area contributed by atoms with Crippen molar-refractivity contribution in [1.82, 2.24) is 0 Å². The van der Waals surface area contributed by atoms with Gasteiger partial charge in [0.05, 0.1) is 13.2 Å². The predicted molar refractivity (Wildman–Crippen MR) is 97.8 cm³/mol. The molecule has 0 saturated heterocycles. The lowest BCUT2D eigenvalue weighted by Crippen LogP contribution is -2.27. The minimum absolute atomic E-state index is 0.312. The van der Waals surface area contributed by atoms with Gasteiger partial charge < -0.3 is 9.47 Å². The quantitative estimate of drug-likeness (QED) is 0.317. The highest BCUT2D eigenvalue weighted by Gasteiger charge is 2.49. The highest BCUT2D eigenvalue weighted by atomic mass is 16.5. The molecule has 2 bridgehead atoms. The fourth-order valence-electron chi connectivity index (χ4n) is 5.03. The Balaban J connectivity index is 1.61. The molecule has 4 heteroatoms. The fourth-order valence-corrected chi connectivity index (χ4v) is 5.03. The molecule has 2 saturated carbocycles. The van der Waals surface area contributed by atoms with Gasteiger partial charge in [-0.3, -0.25) is 0 Å². The van der Waals surface area contributed by atoms with Gasteiger partial charge in [0, 0.05) is 12.2 Å². The summed E-state index contributed by atoms with van der Waals surface area (Å²) in [5.74, 6) is 3.33. The Kier molecular flexibility index (Phi) is 7.73. The van der Waals surface area contributed by atoms with Gasteiger partial charge in [0.2, 0.25) is 0 Å². The summed E-state index contributed by atoms with van der Waals surface area (Å²) in [6.45, 7) is 10.3. The Labute approximate surface area is 151 Å². The number of esters is 2. The van der Waals surface area contributed by atoms with Crippen molar-refractivity contribution in [3.8, 4) is 0 Å². The summed E-state index contributed by atoms with van der Waals surface area (Å²) in [6.07, 6.45) is 10.6. The molecule has 0 aromatic carbocycles. The number of unbranched alkanes of at least 4 members (excludes halogenated alkanes) is 2. The second-order valence-corrected chi connectivity index (χ2v) is 7.56. The van der Waals surface area contributed by atoms with Gasteiger partial charge in [-0.1, -0.05) is 32.9 Å². The second-order valence-electron chi connectivity index (χ2n) is 7.56. The maximum Gasteiger partial charge on any atom is 0.330 e. The Bertz CT molecular complexity index is 482. The minimum Gasteiger partial charge on any atom is -0.463 e. The van der Waals surface area contributed by atoms with Gasteiger partial charge in [0.25, 0.3) is 0 Å². The molecular formula is C21H32O4. The van der Waals surface area contributed by atoms with Crippen molar-refractivity contribution in [2.45, 2.75) is 51.9 Å². The maximum absolute atomic E-state index is 11.1. The zero-order chi connectivity index (χ0) is 18.2. The maximum atomic E-state index is 11.1. The normalized spacial score (nSPS) is 30.0. The molecule has 0 spiro atoms. The number of carbonyl (C=O) groups is 2. The molecule has 2 rings (SSSR count). The average Bonchev–Trinajstić information content (AvgIpc) is 3.16. The van der Waals surface area contributed by atoms with E-state index in [9.17, 15) is 9.59 Å². The lowest BCUT2D eigenvalue weighted by molar-refractivity contribution is -0.139. The van der Waals surface area contributed by atoms with Crippen LogP contribution in [0.25, 0.3) is 0 Å². The van der Waals surface area contributed by atoms with Crippen LogP contribution >= 0.6 is 0 Å². The van der Waals surface area contributed by atoms with Crippen molar-refractivity contribution in [2.75, 3.05) is 13.2 Å². The Morgan fingerprint density at radius 2 is 1.64 bits per heavy atom. The molecule has 25 heavy (non-hydrogen) atoms. The van der Waals surface area contributed by atoms with E-state index in [0.29, 0.717) is 19.1 Å². The smallest absolute Gasteiger partial charge is 0.330 e. The van der Waals surface area contributed by atoms with Crippen LogP contribution in [0.4, 0.5) is 0 Å². The van der Waals surface area contributed by atoms with Crippen LogP contribution in [0.5, 0.6) is 0 Å². The molecule has 0 amide bonds.